The second-order valence-electron chi connectivity index (χ2n) is 3.49. The van der Waals surface area contributed by atoms with E-state index < -0.39 is 0 Å². The Morgan fingerprint density at radius 1 is 1.82 bits per heavy atom. The van der Waals surface area contributed by atoms with Crippen molar-refractivity contribution in [3.63, 3.8) is 0 Å². The Hall–Kier alpha value is -0.630. The van der Waals surface area contributed by atoms with Gasteiger partial charge in [-0.1, -0.05) is 25.5 Å². The van der Waals surface area contributed by atoms with Crippen molar-refractivity contribution in [3.8, 4) is 0 Å². The summed E-state index contributed by atoms with van der Waals surface area (Å²) in [6.45, 7) is 3.86. The average molecular weight is 153 g/mol. The molecule has 11 heavy (non-hydrogen) atoms. The van der Waals surface area contributed by atoms with Gasteiger partial charge in [-0.3, -0.25) is 4.79 Å². The molecule has 0 radical (unpaired) electrons. The van der Waals surface area contributed by atoms with E-state index in [2.05, 4.69) is 0 Å². The molecule has 0 heterocycles. The molecule has 0 amide bonds. The van der Waals surface area contributed by atoms with E-state index in [4.69, 9.17) is 5.73 Å². The van der Waals surface area contributed by atoms with Crippen molar-refractivity contribution in [1.29, 1.82) is 0 Å². The molecule has 0 aliphatic heterocycles. The van der Waals surface area contributed by atoms with Crippen LogP contribution in [0.1, 0.15) is 26.7 Å². The predicted octanol–water partition coefficient (Wildman–Crippen LogP) is 1.26. The molecule has 1 aliphatic carbocycles. The first-order valence-electron chi connectivity index (χ1n) is 4.07. The Morgan fingerprint density at radius 2 is 2.36 bits per heavy atom. The lowest BCUT2D eigenvalue weighted by atomic mass is 9.88. The Balaban J connectivity index is 2.33. The van der Waals surface area contributed by atoms with Crippen molar-refractivity contribution in [1.82, 2.24) is 0 Å². The third-order valence-corrected chi connectivity index (χ3v) is 1.99. The van der Waals surface area contributed by atoms with Crippen LogP contribution >= 0.6 is 0 Å². The van der Waals surface area contributed by atoms with Gasteiger partial charge in [-0.25, -0.2) is 0 Å². The van der Waals surface area contributed by atoms with Gasteiger partial charge in [0.1, 0.15) is 5.78 Å². The third-order valence-electron chi connectivity index (χ3n) is 1.99. The van der Waals surface area contributed by atoms with Crippen molar-refractivity contribution in [2.45, 2.75) is 32.7 Å². The molecular weight excluding hydrogens is 138 g/mol. The van der Waals surface area contributed by atoms with Gasteiger partial charge in [0.25, 0.3) is 0 Å². The number of carbonyl (C=O) groups is 1. The third kappa shape index (κ3) is 2.15. The fraction of sp³-hybridized carbons (Fsp3) is 0.667. The number of Topliss-reactive ketones (excluding diaryl/α,β-unsaturated/α-hetero) is 1. The van der Waals surface area contributed by atoms with Crippen LogP contribution in [0.4, 0.5) is 0 Å². The van der Waals surface area contributed by atoms with Crippen LogP contribution in [0.15, 0.2) is 11.6 Å². The van der Waals surface area contributed by atoms with E-state index in [9.17, 15) is 4.79 Å². The molecule has 0 saturated heterocycles. The lowest BCUT2D eigenvalue weighted by Crippen LogP contribution is -2.27. The Labute approximate surface area is 67.5 Å². The monoisotopic (exact) mass is 153 g/mol. The fourth-order valence-electron chi connectivity index (χ4n) is 1.13. The second-order valence-corrected chi connectivity index (χ2v) is 3.49. The molecule has 1 aliphatic rings. The van der Waals surface area contributed by atoms with Crippen molar-refractivity contribution >= 4 is 5.78 Å². The minimum atomic E-state index is 0.160. The molecule has 0 aromatic rings. The first kappa shape index (κ1) is 8.47. The molecule has 1 rings (SSSR count). The largest absolute Gasteiger partial charge is 0.324 e. The fourth-order valence-corrected chi connectivity index (χ4v) is 1.13. The minimum absolute atomic E-state index is 0.160. The normalized spacial score (nSPS) is 22.9. The maximum absolute atomic E-state index is 11.2. The number of hydrogen-bond donors (Lipinski definition) is 1. The van der Waals surface area contributed by atoms with Crippen LogP contribution in [0.5, 0.6) is 0 Å². The van der Waals surface area contributed by atoms with Crippen LogP contribution in [0.25, 0.3) is 0 Å². The van der Waals surface area contributed by atoms with Crippen LogP contribution in [0.2, 0.25) is 0 Å². The van der Waals surface area contributed by atoms with Crippen molar-refractivity contribution in [2.24, 2.45) is 11.7 Å². The van der Waals surface area contributed by atoms with Crippen molar-refractivity contribution < 1.29 is 4.79 Å². The molecule has 0 bridgehead atoms. The van der Waals surface area contributed by atoms with E-state index in [-0.39, 0.29) is 12.0 Å². The smallest absolute Gasteiger partial charge is 0.139 e. The maximum Gasteiger partial charge on any atom is 0.139 e. The molecule has 0 fully saturated rings. The van der Waals surface area contributed by atoms with E-state index in [1.54, 1.807) is 0 Å². The highest BCUT2D eigenvalue weighted by molar-refractivity contribution is 5.82. The van der Waals surface area contributed by atoms with Gasteiger partial charge < -0.3 is 5.73 Å². The predicted molar refractivity (Wildman–Crippen MR) is 45.1 cm³/mol. The zero-order chi connectivity index (χ0) is 8.43. The summed E-state index contributed by atoms with van der Waals surface area (Å²) in [5.74, 6) is 0.482. The zero-order valence-electron chi connectivity index (χ0n) is 7.13. The maximum atomic E-state index is 11.2. The van der Waals surface area contributed by atoms with Crippen LogP contribution < -0.4 is 5.73 Å². The second kappa shape index (κ2) is 3.18. The summed E-state index contributed by atoms with van der Waals surface area (Å²) in [6.07, 6.45) is 3.52. The molecule has 1 atom stereocenters. The van der Waals surface area contributed by atoms with Crippen LogP contribution in [-0.2, 0) is 4.79 Å². The molecule has 62 valence electrons. The van der Waals surface area contributed by atoms with Gasteiger partial charge in [-0.2, -0.15) is 0 Å². The van der Waals surface area contributed by atoms with Gasteiger partial charge in [-0.15, -0.1) is 0 Å². The van der Waals surface area contributed by atoms with Crippen molar-refractivity contribution in [2.75, 3.05) is 0 Å². The molecule has 0 saturated carbocycles. The van der Waals surface area contributed by atoms with Gasteiger partial charge in [0.2, 0.25) is 0 Å². The van der Waals surface area contributed by atoms with E-state index in [0.29, 0.717) is 12.2 Å². The first-order chi connectivity index (χ1) is 5.09. The Bertz CT molecular complexity index is 194. The topological polar surface area (TPSA) is 43.1 Å². The van der Waals surface area contributed by atoms with Crippen LogP contribution in [-0.4, -0.2) is 11.8 Å². The number of ketones is 1. The first-order valence-corrected chi connectivity index (χ1v) is 4.07. The van der Waals surface area contributed by atoms with E-state index >= 15 is 0 Å². The summed E-state index contributed by atoms with van der Waals surface area (Å²) in [7, 11) is 0. The Kier molecular flexibility index (Phi) is 2.45. The van der Waals surface area contributed by atoms with Crippen LogP contribution in [0.3, 0.4) is 0 Å². The molecule has 2 N–H and O–H groups in total. The number of rotatable bonds is 3. The average Bonchev–Trinajstić information content (AvgIpc) is 1.84. The van der Waals surface area contributed by atoms with Gasteiger partial charge in [0, 0.05) is 18.4 Å². The van der Waals surface area contributed by atoms with E-state index in [0.717, 1.165) is 6.42 Å². The standard InChI is InChI=1S/C9H15NO/c1-6(2)9(11)5-7-3-8(10)4-7/h3,6,8H,4-5,10H2,1-2H3. The van der Waals surface area contributed by atoms with Crippen molar-refractivity contribution in [3.05, 3.63) is 11.6 Å². The quantitative estimate of drug-likeness (QED) is 0.620. The van der Waals surface area contributed by atoms with E-state index in [1.807, 2.05) is 19.9 Å². The number of carbonyl (C=O) groups excluding carboxylic acids is 1. The summed E-state index contributed by atoms with van der Waals surface area (Å²) in [5, 5.41) is 0. The van der Waals surface area contributed by atoms with Gasteiger partial charge >= 0.3 is 0 Å². The summed E-state index contributed by atoms with van der Waals surface area (Å²) in [4.78, 5) is 11.2. The number of nitrogens with two attached hydrogens (primary N) is 1. The summed E-state index contributed by atoms with van der Waals surface area (Å²) in [6, 6.07) is 0.213. The van der Waals surface area contributed by atoms with Gasteiger partial charge in [0.05, 0.1) is 0 Å². The number of hydrogen-bond acceptors (Lipinski definition) is 2. The highest BCUT2D eigenvalue weighted by Gasteiger charge is 2.18. The van der Waals surface area contributed by atoms with Gasteiger partial charge in [0.15, 0.2) is 0 Å². The minimum Gasteiger partial charge on any atom is -0.324 e. The van der Waals surface area contributed by atoms with Gasteiger partial charge in [-0.05, 0) is 6.42 Å². The molecule has 0 spiro atoms. The molecule has 2 heteroatoms. The Morgan fingerprint density at radius 3 is 2.73 bits per heavy atom. The lowest BCUT2D eigenvalue weighted by molar-refractivity contribution is -0.121. The molecule has 1 unspecified atom stereocenters. The lowest BCUT2D eigenvalue weighted by Gasteiger charge is -2.21. The highest BCUT2D eigenvalue weighted by atomic mass is 16.1. The zero-order valence-corrected chi connectivity index (χ0v) is 7.13. The summed E-state index contributed by atoms with van der Waals surface area (Å²) in [5.41, 5.74) is 6.75. The molecule has 0 aromatic heterocycles. The molecule has 2 nitrogen and oxygen atoms in total. The summed E-state index contributed by atoms with van der Waals surface area (Å²) >= 11 is 0. The molecule has 0 aromatic carbocycles. The van der Waals surface area contributed by atoms with Crippen LogP contribution in [0, 0.1) is 5.92 Å². The highest BCUT2D eigenvalue weighted by Crippen LogP contribution is 2.21. The molecular formula is C9H15NO. The van der Waals surface area contributed by atoms with E-state index in [1.165, 1.54) is 5.57 Å². The summed E-state index contributed by atoms with van der Waals surface area (Å²) < 4.78 is 0. The SMILES string of the molecule is CC(C)C(=O)CC1=CC(N)C1.